The standard InChI is InChI=1S/C14H11ClN2O4/c15-10-4-6-13(7-5-10)21-9-14(18)16-11-2-1-3-12(8-11)17(19)20/h1-8H,9H2,(H,16,18). The summed E-state index contributed by atoms with van der Waals surface area (Å²) in [7, 11) is 0. The number of anilines is 1. The van der Waals surface area contributed by atoms with E-state index in [0.717, 1.165) is 0 Å². The van der Waals surface area contributed by atoms with Crippen LogP contribution in [0.1, 0.15) is 0 Å². The minimum atomic E-state index is -0.528. The first-order valence-corrected chi connectivity index (χ1v) is 6.35. The molecule has 108 valence electrons. The molecule has 0 aromatic heterocycles. The molecule has 0 aliphatic heterocycles. The van der Waals surface area contributed by atoms with Crippen LogP contribution in [-0.2, 0) is 4.79 Å². The van der Waals surface area contributed by atoms with Gasteiger partial charge in [-0.2, -0.15) is 0 Å². The van der Waals surface area contributed by atoms with Crippen LogP contribution < -0.4 is 10.1 Å². The number of halogens is 1. The van der Waals surface area contributed by atoms with Gasteiger partial charge < -0.3 is 10.1 Å². The molecule has 0 aliphatic carbocycles. The number of benzene rings is 2. The maximum Gasteiger partial charge on any atom is 0.271 e. The number of nitrogens with one attached hydrogen (secondary N) is 1. The number of carbonyl (C=O) groups is 1. The molecule has 2 aromatic rings. The molecule has 1 N–H and O–H groups in total. The molecule has 0 saturated heterocycles. The minimum absolute atomic E-state index is 0.0913. The second-order valence-electron chi connectivity index (χ2n) is 4.10. The Morgan fingerprint density at radius 1 is 1.24 bits per heavy atom. The Kier molecular flexibility index (Phi) is 4.73. The average Bonchev–Trinajstić information content (AvgIpc) is 2.47. The van der Waals surface area contributed by atoms with Gasteiger partial charge in [-0.3, -0.25) is 14.9 Å². The Morgan fingerprint density at radius 2 is 1.95 bits per heavy atom. The van der Waals surface area contributed by atoms with Crippen molar-refractivity contribution in [2.24, 2.45) is 0 Å². The van der Waals surface area contributed by atoms with Gasteiger partial charge in [0.15, 0.2) is 6.61 Å². The van der Waals surface area contributed by atoms with E-state index in [1.807, 2.05) is 0 Å². The Morgan fingerprint density at radius 3 is 2.62 bits per heavy atom. The smallest absolute Gasteiger partial charge is 0.271 e. The third kappa shape index (κ3) is 4.47. The van der Waals surface area contributed by atoms with Crippen LogP contribution in [-0.4, -0.2) is 17.4 Å². The number of amides is 1. The summed E-state index contributed by atoms with van der Waals surface area (Å²) in [5.74, 6) is 0.0963. The van der Waals surface area contributed by atoms with Crippen LogP contribution in [0.4, 0.5) is 11.4 Å². The minimum Gasteiger partial charge on any atom is -0.484 e. The molecule has 0 radical (unpaired) electrons. The monoisotopic (exact) mass is 306 g/mol. The number of carbonyl (C=O) groups excluding carboxylic acids is 1. The number of non-ortho nitro benzene ring substituents is 1. The largest absolute Gasteiger partial charge is 0.484 e. The van der Waals surface area contributed by atoms with E-state index >= 15 is 0 Å². The summed E-state index contributed by atoms with van der Waals surface area (Å²) in [4.78, 5) is 21.8. The summed E-state index contributed by atoms with van der Waals surface area (Å²) in [5.41, 5.74) is 0.250. The zero-order valence-electron chi connectivity index (χ0n) is 10.8. The van der Waals surface area contributed by atoms with E-state index in [2.05, 4.69) is 5.32 Å². The normalized spacial score (nSPS) is 9.95. The van der Waals surface area contributed by atoms with Crippen molar-refractivity contribution in [3.63, 3.8) is 0 Å². The van der Waals surface area contributed by atoms with Gasteiger partial charge in [0.25, 0.3) is 11.6 Å². The Balaban J connectivity index is 1.91. The molecule has 2 rings (SSSR count). The predicted octanol–water partition coefficient (Wildman–Crippen LogP) is 3.27. The summed E-state index contributed by atoms with van der Waals surface area (Å²) < 4.78 is 5.27. The van der Waals surface area contributed by atoms with Crippen molar-refractivity contribution in [2.75, 3.05) is 11.9 Å². The Bertz CT molecular complexity index is 658. The van der Waals surface area contributed by atoms with Crippen molar-refractivity contribution in [3.05, 3.63) is 63.7 Å². The number of nitro benzene ring substituents is 1. The van der Waals surface area contributed by atoms with Gasteiger partial charge in [0.05, 0.1) is 4.92 Å². The second-order valence-corrected chi connectivity index (χ2v) is 4.53. The maximum absolute atomic E-state index is 11.7. The third-order valence-electron chi connectivity index (χ3n) is 2.52. The SMILES string of the molecule is O=C(COc1ccc(Cl)cc1)Nc1cccc([N+](=O)[O-])c1. The van der Waals surface area contributed by atoms with E-state index in [9.17, 15) is 14.9 Å². The first kappa shape index (κ1) is 14.8. The Labute approximate surface area is 125 Å². The number of nitrogens with zero attached hydrogens (tertiary/aromatic N) is 1. The van der Waals surface area contributed by atoms with Crippen molar-refractivity contribution >= 4 is 28.9 Å². The fraction of sp³-hybridized carbons (Fsp3) is 0.0714. The lowest BCUT2D eigenvalue weighted by Gasteiger charge is -2.07. The van der Waals surface area contributed by atoms with Gasteiger partial charge in [0, 0.05) is 22.8 Å². The van der Waals surface area contributed by atoms with E-state index in [4.69, 9.17) is 16.3 Å². The van der Waals surface area contributed by atoms with Crippen LogP contribution >= 0.6 is 11.6 Å². The van der Waals surface area contributed by atoms with Crippen LogP contribution in [0, 0.1) is 10.1 Å². The maximum atomic E-state index is 11.7. The zero-order valence-corrected chi connectivity index (χ0v) is 11.5. The highest BCUT2D eigenvalue weighted by Crippen LogP contribution is 2.18. The van der Waals surface area contributed by atoms with Gasteiger partial charge in [-0.25, -0.2) is 0 Å². The molecule has 0 bridgehead atoms. The second kappa shape index (κ2) is 6.71. The van der Waals surface area contributed by atoms with Crippen molar-refractivity contribution in [1.82, 2.24) is 0 Å². The third-order valence-corrected chi connectivity index (χ3v) is 2.78. The quantitative estimate of drug-likeness (QED) is 0.679. The number of rotatable bonds is 5. The summed E-state index contributed by atoms with van der Waals surface area (Å²) in [6.07, 6.45) is 0. The topological polar surface area (TPSA) is 81.5 Å². The first-order valence-electron chi connectivity index (χ1n) is 5.97. The summed E-state index contributed by atoms with van der Waals surface area (Å²) in [5, 5.41) is 13.7. The molecular formula is C14H11ClN2O4. The van der Waals surface area contributed by atoms with E-state index in [1.54, 1.807) is 30.3 Å². The first-order chi connectivity index (χ1) is 10.0. The van der Waals surface area contributed by atoms with Crippen LogP contribution in [0.5, 0.6) is 5.75 Å². The van der Waals surface area contributed by atoms with Crippen molar-refractivity contribution < 1.29 is 14.5 Å². The molecule has 21 heavy (non-hydrogen) atoms. The predicted molar refractivity (Wildman–Crippen MR) is 78.7 cm³/mol. The highest BCUT2D eigenvalue weighted by atomic mass is 35.5. The summed E-state index contributed by atoms with van der Waals surface area (Å²) in [6.45, 7) is -0.204. The van der Waals surface area contributed by atoms with E-state index in [1.165, 1.54) is 18.2 Å². The number of ether oxygens (including phenoxy) is 1. The lowest BCUT2D eigenvalue weighted by molar-refractivity contribution is -0.384. The number of nitro groups is 1. The van der Waals surface area contributed by atoms with Gasteiger partial charge in [-0.1, -0.05) is 17.7 Å². The fourth-order valence-corrected chi connectivity index (χ4v) is 1.70. The van der Waals surface area contributed by atoms with E-state index < -0.39 is 10.8 Å². The van der Waals surface area contributed by atoms with Gasteiger partial charge in [-0.15, -0.1) is 0 Å². The van der Waals surface area contributed by atoms with Gasteiger partial charge in [0.2, 0.25) is 0 Å². The fourth-order valence-electron chi connectivity index (χ4n) is 1.57. The van der Waals surface area contributed by atoms with Crippen molar-refractivity contribution in [2.45, 2.75) is 0 Å². The molecule has 2 aromatic carbocycles. The highest BCUT2D eigenvalue weighted by Gasteiger charge is 2.08. The van der Waals surface area contributed by atoms with E-state index in [0.29, 0.717) is 16.5 Å². The molecule has 0 heterocycles. The van der Waals surface area contributed by atoms with Gasteiger partial charge >= 0.3 is 0 Å². The molecule has 7 heteroatoms. The molecule has 0 atom stereocenters. The average molecular weight is 307 g/mol. The van der Waals surface area contributed by atoms with Crippen LogP contribution in [0.25, 0.3) is 0 Å². The zero-order chi connectivity index (χ0) is 15.2. The molecule has 1 amide bonds. The van der Waals surface area contributed by atoms with Gasteiger partial charge in [-0.05, 0) is 30.3 Å². The van der Waals surface area contributed by atoms with Crippen molar-refractivity contribution in [1.29, 1.82) is 0 Å². The lowest BCUT2D eigenvalue weighted by Crippen LogP contribution is -2.20. The van der Waals surface area contributed by atoms with Crippen LogP contribution in [0.15, 0.2) is 48.5 Å². The molecule has 0 saturated carbocycles. The molecule has 0 unspecified atom stereocenters. The van der Waals surface area contributed by atoms with Crippen LogP contribution in [0.3, 0.4) is 0 Å². The lowest BCUT2D eigenvalue weighted by atomic mass is 10.3. The highest BCUT2D eigenvalue weighted by molar-refractivity contribution is 6.30. The van der Waals surface area contributed by atoms with Crippen molar-refractivity contribution in [3.8, 4) is 5.75 Å². The molecule has 6 nitrogen and oxygen atoms in total. The molecule has 0 aliphatic rings. The summed E-state index contributed by atoms with van der Waals surface area (Å²) >= 11 is 5.73. The molecule has 0 fully saturated rings. The van der Waals surface area contributed by atoms with Crippen LogP contribution in [0.2, 0.25) is 5.02 Å². The number of hydrogen-bond acceptors (Lipinski definition) is 4. The summed E-state index contributed by atoms with van der Waals surface area (Å²) in [6, 6.07) is 12.3. The Hall–Kier alpha value is -2.60. The number of hydrogen-bond donors (Lipinski definition) is 1. The molecule has 0 spiro atoms. The molecular weight excluding hydrogens is 296 g/mol. The van der Waals surface area contributed by atoms with Gasteiger partial charge in [0.1, 0.15) is 5.75 Å². The van der Waals surface area contributed by atoms with E-state index in [-0.39, 0.29) is 12.3 Å².